The standard InChI is InChI=1S/C28H20F6N2O2/c29-27(30,31)22(37)35-10-14-9-19-21-20(14)24(11-35)15-5-1-3-7-17(15)25(18-8-4-2-6-16(18)24)12-36(13-26(19,21)25)23(38)28(32,33)34/h1-9,19-21H,10-13H2/t19?,20-,21?,24?,25?,26+/m1/s1. The molecule has 38 heavy (non-hydrogen) atoms. The highest BCUT2D eigenvalue weighted by Gasteiger charge is 2.87. The number of nitrogens with zero attached hydrogens (tertiary/aromatic N) is 2. The predicted molar refractivity (Wildman–Crippen MR) is 121 cm³/mol. The van der Waals surface area contributed by atoms with Crippen molar-refractivity contribution in [1.82, 2.24) is 9.80 Å². The summed E-state index contributed by atoms with van der Waals surface area (Å²) in [5.74, 6) is -4.33. The highest BCUT2D eigenvalue weighted by Crippen LogP contribution is 2.85. The third kappa shape index (κ3) is 2.18. The number of piperidine rings is 1. The second kappa shape index (κ2) is 6.29. The van der Waals surface area contributed by atoms with Crippen molar-refractivity contribution in [2.45, 2.75) is 23.2 Å². The molecule has 3 aliphatic carbocycles. The first-order valence-corrected chi connectivity index (χ1v) is 12.5. The molecule has 5 aliphatic rings. The summed E-state index contributed by atoms with van der Waals surface area (Å²) in [6, 6.07) is 14.6. The van der Waals surface area contributed by atoms with Crippen molar-refractivity contribution in [1.29, 1.82) is 0 Å². The maximum Gasteiger partial charge on any atom is 0.471 e. The monoisotopic (exact) mass is 530 g/mol. The lowest BCUT2D eigenvalue weighted by Crippen LogP contribution is -2.59. The minimum Gasteiger partial charge on any atom is -0.333 e. The number of carbonyl (C=O) groups excluding carboxylic acids is 2. The number of amides is 2. The van der Waals surface area contributed by atoms with Crippen LogP contribution in [0, 0.1) is 23.2 Å². The van der Waals surface area contributed by atoms with Crippen LogP contribution in [0.15, 0.2) is 60.2 Å². The largest absolute Gasteiger partial charge is 0.471 e. The van der Waals surface area contributed by atoms with Crippen molar-refractivity contribution in [3.63, 3.8) is 0 Å². The summed E-state index contributed by atoms with van der Waals surface area (Å²) < 4.78 is 82.1. The van der Waals surface area contributed by atoms with Gasteiger partial charge >= 0.3 is 24.2 Å². The lowest BCUT2D eigenvalue weighted by Gasteiger charge is -2.54. The molecule has 2 saturated heterocycles. The Balaban J connectivity index is 1.44. The van der Waals surface area contributed by atoms with Gasteiger partial charge in [0, 0.05) is 48.3 Å². The van der Waals surface area contributed by atoms with E-state index in [0.29, 0.717) is 0 Å². The van der Waals surface area contributed by atoms with E-state index in [1.165, 1.54) is 0 Å². The summed E-state index contributed by atoms with van der Waals surface area (Å²) >= 11 is 0. The zero-order chi connectivity index (χ0) is 26.6. The van der Waals surface area contributed by atoms with Gasteiger partial charge in [-0.3, -0.25) is 9.59 Å². The van der Waals surface area contributed by atoms with Crippen LogP contribution in [0.2, 0.25) is 0 Å². The average Bonchev–Trinajstić information content (AvgIpc) is 3.16. The Morgan fingerprint density at radius 3 is 1.82 bits per heavy atom. The summed E-state index contributed by atoms with van der Waals surface area (Å²) in [5, 5.41) is 0. The molecule has 0 aromatic heterocycles. The van der Waals surface area contributed by atoms with Gasteiger partial charge in [-0.15, -0.1) is 0 Å². The van der Waals surface area contributed by atoms with E-state index in [-0.39, 0.29) is 43.9 Å². The molecule has 7 rings (SSSR count). The van der Waals surface area contributed by atoms with E-state index in [9.17, 15) is 35.9 Å². The summed E-state index contributed by atoms with van der Waals surface area (Å²) in [5.41, 5.74) is 1.19. The van der Waals surface area contributed by atoms with E-state index in [0.717, 1.165) is 37.6 Å². The Hall–Kier alpha value is -3.30. The van der Waals surface area contributed by atoms with Crippen molar-refractivity contribution in [2.24, 2.45) is 23.2 Å². The second-order valence-corrected chi connectivity index (χ2v) is 11.6. The molecular weight excluding hydrogens is 510 g/mol. The third-order valence-corrected chi connectivity index (χ3v) is 10.4. The number of carbonyl (C=O) groups is 2. The first-order chi connectivity index (χ1) is 17.9. The second-order valence-electron chi connectivity index (χ2n) is 11.6. The van der Waals surface area contributed by atoms with Crippen LogP contribution in [0.25, 0.3) is 0 Å². The molecule has 3 spiro atoms. The smallest absolute Gasteiger partial charge is 0.333 e. The first kappa shape index (κ1) is 22.7. The van der Waals surface area contributed by atoms with Crippen LogP contribution in [0.4, 0.5) is 26.3 Å². The molecule has 4 nitrogen and oxygen atoms in total. The van der Waals surface area contributed by atoms with Crippen LogP contribution in [-0.4, -0.2) is 60.1 Å². The van der Waals surface area contributed by atoms with Gasteiger partial charge in [0.15, 0.2) is 0 Å². The number of fused-ring (bicyclic) bond motifs is 13. The van der Waals surface area contributed by atoms with Crippen LogP contribution in [0.1, 0.15) is 22.3 Å². The minimum absolute atomic E-state index is 0.0646. The third-order valence-electron chi connectivity index (χ3n) is 10.4. The van der Waals surface area contributed by atoms with E-state index in [2.05, 4.69) is 0 Å². The van der Waals surface area contributed by atoms with Gasteiger partial charge in [-0.25, -0.2) is 0 Å². The fourth-order valence-electron chi connectivity index (χ4n) is 9.59. The highest BCUT2D eigenvalue weighted by molar-refractivity contribution is 5.85. The normalized spacial score (nSPS) is 37.1. The lowest BCUT2D eigenvalue weighted by atomic mass is 9.53. The van der Waals surface area contributed by atoms with E-state index in [1.54, 1.807) is 24.3 Å². The number of likely N-dealkylation sites (tertiary alicyclic amines) is 2. The Labute approximate surface area is 212 Å². The predicted octanol–water partition coefficient (Wildman–Crippen LogP) is 4.18. The molecule has 0 radical (unpaired) electrons. The van der Waals surface area contributed by atoms with Crippen molar-refractivity contribution in [3.05, 3.63) is 82.4 Å². The summed E-state index contributed by atoms with van der Waals surface area (Å²) in [6.07, 6.45) is -8.11. The molecule has 10 heteroatoms. The number of benzene rings is 2. The Bertz CT molecular complexity index is 1460. The summed E-state index contributed by atoms with van der Waals surface area (Å²) in [4.78, 5) is 27.0. The van der Waals surface area contributed by atoms with Gasteiger partial charge in [0.2, 0.25) is 0 Å². The Kier molecular flexibility index (Phi) is 3.75. The maximum absolute atomic E-state index is 13.7. The van der Waals surface area contributed by atoms with Gasteiger partial charge in [0.25, 0.3) is 0 Å². The molecule has 2 aromatic carbocycles. The molecule has 2 unspecified atom stereocenters. The molecule has 1 saturated carbocycles. The van der Waals surface area contributed by atoms with Gasteiger partial charge in [-0.2, -0.15) is 26.3 Å². The van der Waals surface area contributed by atoms with E-state index >= 15 is 0 Å². The zero-order valence-corrected chi connectivity index (χ0v) is 19.7. The van der Waals surface area contributed by atoms with E-state index in [4.69, 9.17) is 0 Å². The molecule has 3 fully saturated rings. The van der Waals surface area contributed by atoms with Crippen LogP contribution in [0.3, 0.4) is 0 Å². The molecule has 4 atom stereocenters. The quantitative estimate of drug-likeness (QED) is 0.291. The molecular formula is C28H20F6N2O2. The summed E-state index contributed by atoms with van der Waals surface area (Å²) in [7, 11) is 0. The Morgan fingerprint density at radius 1 is 0.737 bits per heavy atom. The molecule has 0 N–H and O–H groups in total. The van der Waals surface area contributed by atoms with Gasteiger partial charge in [0.1, 0.15) is 0 Å². The topological polar surface area (TPSA) is 40.6 Å². The Morgan fingerprint density at radius 2 is 1.26 bits per heavy atom. The maximum atomic E-state index is 13.7. The van der Waals surface area contributed by atoms with Crippen molar-refractivity contribution >= 4 is 11.8 Å². The number of rotatable bonds is 0. The molecule has 196 valence electrons. The van der Waals surface area contributed by atoms with E-state index < -0.39 is 40.4 Å². The van der Waals surface area contributed by atoms with Crippen LogP contribution >= 0.6 is 0 Å². The van der Waals surface area contributed by atoms with Gasteiger partial charge < -0.3 is 9.80 Å². The average molecular weight is 530 g/mol. The van der Waals surface area contributed by atoms with Gasteiger partial charge in [0.05, 0.1) is 0 Å². The lowest BCUT2D eigenvalue weighted by molar-refractivity contribution is -0.187. The number of hydrogen-bond acceptors (Lipinski definition) is 2. The van der Waals surface area contributed by atoms with Crippen molar-refractivity contribution in [3.8, 4) is 0 Å². The fourth-order valence-corrected chi connectivity index (χ4v) is 9.59. The molecule has 2 heterocycles. The van der Waals surface area contributed by atoms with Gasteiger partial charge in [-0.1, -0.05) is 54.6 Å². The first-order valence-electron chi connectivity index (χ1n) is 12.5. The van der Waals surface area contributed by atoms with Crippen LogP contribution in [-0.2, 0) is 20.4 Å². The molecule has 2 aliphatic heterocycles. The van der Waals surface area contributed by atoms with Crippen molar-refractivity contribution in [2.75, 3.05) is 26.2 Å². The summed E-state index contributed by atoms with van der Waals surface area (Å²) in [6.45, 7) is -0.535. The van der Waals surface area contributed by atoms with Crippen LogP contribution in [0.5, 0.6) is 0 Å². The SMILES string of the molecule is O=C(N1CC2=CC3C4[C@@H]2C2(C1)c1ccccc1C1(CN(C(=O)C(F)(F)F)C[C@]341)c1ccccc12)C(F)(F)F. The number of allylic oxidation sites excluding steroid dienone is 1. The minimum atomic E-state index is -5.03. The van der Waals surface area contributed by atoms with Gasteiger partial charge in [-0.05, 0) is 39.7 Å². The fraction of sp³-hybridized carbons (Fsp3) is 0.429. The molecule has 0 bridgehead atoms. The number of hydrogen-bond donors (Lipinski definition) is 0. The number of halogens is 6. The molecule has 2 amide bonds. The highest BCUT2D eigenvalue weighted by atomic mass is 19.4. The molecule has 2 aromatic rings. The van der Waals surface area contributed by atoms with Crippen LogP contribution < -0.4 is 0 Å². The number of alkyl halides is 6. The van der Waals surface area contributed by atoms with E-state index in [1.807, 2.05) is 30.3 Å². The zero-order valence-electron chi connectivity index (χ0n) is 19.7. The van der Waals surface area contributed by atoms with Crippen molar-refractivity contribution < 1.29 is 35.9 Å².